The Morgan fingerprint density at radius 1 is 0.967 bits per heavy atom. The summed E-state index contributed by atoms with van der Waals surface area (Å²) in [5.74, 6) is -1.06. The molecule has 0 aliphatic heterocycles. The quantitative estimate of drug-likeness (QED) is 0.374. The van der Waals surface area contributed by atoms with Crippen molar-refractivity contribution in [2.75, 3.05) is 0 Å². The third-order valence-electron chi connectivity index (χ3n) is 4.76. The van der Waals surface area contributed by atoms with Crippen LogP contribution in [-0.2, 0) is 12.6 Å². The van der Waals surface area contributed by atoms with Gasteiger partial charge >= 0.3 is 6.18 Å². The zero-order chi connectivity index (χ0) is 21.5. The number of nitrogens with two attached hydrogens (primary N) is 1. The first-order valence-electron chi connectivity index (χ1n) is 8.99. The minimum atomic E-state index is -4.40. The van der Waals surface area contributed by atoms with Crippen molar-refractivity contribution in [2.45, 2.75) is 12.6 Å². The minimum absolute atomic E-state index is 0.268. The van der Waals surface area contributed by atoms with Crippen LogP contribution in [0.5, 0.6) is 0 Å². The lowest BCUT2D eigenvalue weighted by Crippen LogP contribution is -2.10. The second-order valence-electron chi connectivity index (χ2n) is 6.87. The first-order chi connectivity index (χ1) is 14.2. The third kappa shape index (κ3) is 3.93. The van der Waals surface area contributed by atoms with E-state index in [4.69, 9.17) is 5.73 Å². The van der Waals surface area contributed by atoms with E-state index in [1.165, 1.54) is 29.5 Å². The Bertz CT molecular complexity index is 1260. The zero-order valence-corrected chi connectivity index (χ0v) is 16.3. The zero-order valence-electron chi connectivity index (χ0n) is 15.5. The molecule has 3 aromatic carbocycles. The van der Waals surface area contributed by atoms with E-state index in [-0.39, 0.29) is 5.56 Å². The highest BCUT2D eigenvalue weighted by Crippen LogP contribution is 2.38. The average Bonchev–Trinajstić information content (AvgIpc) is 3.09. The molecule has 0 bridgehead atoms. The predicted molar refractivity (Wildman–Crippen MR) is 110 cm³/mol. The summed E-state index contributed by atoms with van der Waals surface area (Å²) in [6, 6.07) is 16.4. The fraction of sp³-hybridized carbons (Fsp3) is 0.0870. The van der Waals surface area contributed by atoms with Crippen LogP contribution in [0.25, 0.3) is 21.2 Å². The summed E-state index contributed by atoms with van der Waals surface area (Å²) in [5, 5.41) is 0.780. The Morgan fingerprint density at radius 3 is 2.47 bits per heavy atom. The topological polar surface area (TPSA) is 43.1 Å². The third-order valence-corrected chi connectivity index (χ3v) is 5.92. The monoisotopic (exact) mass is 429 g/mol. The van der Waals surface area contributed by atoms with E-state index < -0.39 is 23.5 Å². The summed E-state index contributed by atoms with van der Waals surface area (Å²) in [5.41, 5.74) is 6.29. The molecule has 152 valence electrons. The van der Waals surface area contributed by atoms with Gasteiger partial charge in [0.15, 0.2) is 0 Å². The van der Waals surface area contributed by atoms with Gasteiger partial charge < -0.3 is 5.73 Å². The SMILES string of the molecule is NC(=O)c1cccc(-c2c(F)ccc3cc(Cc4cccc(C(F)(F)F)c4)sc23)c1. The van der Waals surface area contributed by atoms with Crippen molar-refractivity contribution in [1.29, 1.82) is 0 Å². The van der Waals surface area contributed by atoms with Gasteiger partial charge in [-0.2, -0.15) is 13.2 Å². The van der Waals surface area contributed by atoms with Crippen molar-refractivity contribution < 1.29 is 22.4 Å². The first kappa shape index (κ1) is 20.1. The van der Waals surface area contributed by atoms with Crippen molar-refractivity contribution in [3.05, 3.63) is 94.1 Å². The number of carbonyl (C=O) groups excluding carboxylic acids is 1. The van der Waals surface area contributed by atoms with Crippen molar-refractivity contribution in [1.82, 2.24) is 0 Å². The first-order valence-corrected chi connectivity index (χ1v) is 9.81. The van der Waals surface area contributed by atoms with E-state index in [1.807, 2.05) is 6.07 Å². The summed E-state index contributed by atoms with van der Waals surface area (Å²) in [6.07, 6.45) is -4.11. The summed E-state index contributed by atoms with van der Waals surface area (Å²) in [6.45, 7) is 0. The van der Waals surface area contributed by atoms with Crippen LogP contribution < -0.4 is 5.73 Å². The molecule has 0 atom stereocenters. The number of thiophene rings is 1. The molecule has 4 rings (SSSR count). The van der Waals surface area contributed by atoms with Gasteiger partial charge in [-0.3, -0.25) is 4.79 Å². The number of amides is 1. The number of hydrogen-bond acceptors (Lipinski definition) is 2. The molecule has 0 aliphatic rings. The highest BCUT2D eigenvalue weighted by atomic mass is 32.1. The van der Waals surface area contributed by atoms with Gasteiger partial charge in [0, 0.05) is 27.1 Å². The van der Waals surface area contributed by atoms with Gasteiger partial charge in [0.05, 0.1) is 5.56 Å². The average molecular weight is 429 g/mol. The molecule has 0 spiro atoms. The Morgan fingerprint density at radius 2 is 1.73 bits per heavy atom. The van der Waals surface area contributed by atoms with E-state index in [2.05, 4.69) is 0 Å². The highest BCUT2D eigenvalue weighted by molar-refractivity contribution is 7.19. The van der Waals surface area contributed by atoms with Crippen molar-refractivity contribution in [2.24, 2.45) is 5.73 Å². The molecular formula is C23H15F4NOS. The van der Waals surface area contributed by atoms with Crippen LogP contribution in [-0.4, -0.2) is 5.91 Å². The highest BCUT2D eigenvalue weighted by Gasteiger charge is 2.30. The molecule has 30 heavy (non-hydrogen) atoms. The molecule has 4 aromatic rings. The Balaban J connectivity index is 1.77. The largest absolute Gasteiger partial charge is 0.416 e. The lowest BCUT2D eigenvalue weighted by Gasteiger charge is -2.08. The lowest BCUT2D eigenvalue weighted by molar-refractivity contribution is -0.137. The van der Waals surface area contributed by atoms with Gasteiger partial charge in [-0.15, -0.1) is 11.3 Å². The number of primary amides is 1. The van der Waals surface area contributed by atoms with E-state index >= 15 is 0 Å². The number of rotatable bonds is 4. The van der Waals surface area contributed by atoms with Crippen LogP contribution in [0.2, 0.25) is 0 Å². The molecule has 1 amide bonds. The van der Waals surface area contributed by atoms with Crippen molar-refractivity contribution in [3.8, 4) is 11.1 Å². The predicted octanol–water partition coefficient (Wildman–Crippen LogP) is 6.42. The molecule has 0 saturated carbocycles. The van der Waals surface area contributed by atoms with Gasteiger partial charge in [0.1, 0.15) is 5.82 Å². The second-order valence-corrected chi connectivity index (χ2v) is 8.01. The standard InChI is InChI=1S/C23H15F4NOS/c24-19-8-7-15-12-18(10-13-3-1-6-17(9-13)23(25,26)27)30-21(15)20(19)14-4-2-5-16(11-14)22(28)29/h1-9,11-12H,10H2,(H2,28,29). The smallest absolute Gasteiger partial charge is 0.366 e. The Kier molecular flexibility index (Phi) is 5.07. The Hall–Kier alpha value is -3.19. The number of carbonyl (C=O) groups is 1. The molecule has 0 aliphatic carbocycles. The molecular weight excluding hydrogens is 414 g/mol. The maximum Gasteiger partial charge on any atom is 0.416 e. The molecule has 0 saturated heterocycles. The van der Waals surface area contributed by atoms with Crippen molar-refractivity contribution >= 4 is 27.3 Å². The minimum Gasteiger partial charge on any atom is -0.366 e. The van der Waals surface area contributed by atoms with Gasteiger partial charge in [-0.1, -0.05) is 36.4 Å². The molecule has 0 unspecified atom stereocenters. The van der Waals surface area contributed by atoms with Crippen LogP contribution in [0.3, 0.4) is 0 Å². The van der Waals surface area contributed by atoms with Crippen molar-refractivity contribution in [3.63, 3.8) is 0 Å². The van der Waals surface area contributed by atoms with E-state index in [1.54, 1.807) is 30.3 Å². The molecule has 1 heterocycles. The molecule has 0 fully saturated rings. The van der Waals surface area contributed by atoms with Crippen LogP contribution in [0, 0.1) is 5.82 Å². The summed E-state index contributed by atoms with van der Waals surface area (Å²) in [4.78, 5) is 12.3. The molecule has 2 nitrogen and oxygen atoms in total. The molecule has 2 N–H and O–H groups in total. The number of halogens is 4. The molecule has 7 heteroatoms. The second kappa shape index (κ2) is 7.57. The van der Waals surface area contributed by atoms with Gasteiger partial charge in [0.2, 0.25) is 5.91 Å². The van der Waals surface area contributed by atoms with Crippen LogP contribution >= 0.6 is 11.3 Å². The van der Waals surface area contributed by atoms with E-state index in [0.29, 0.717) is 27.8 Å². The fourth-order valence-electron chi connectivity index (χ4n) is 3.38. The normalized spacial score (nSPS) is 11.7. The van der Waals surface area contributed by atoms with Gasteiger partial charge in [-0.05, 0) is 46.8 Å². The van der Waals surface area contributed by atoms with Crippen LogP contribution in [0.4, 0.5) is 17.6 Å². The van der Waals surface area contributed by atoms with E-state index in [9.17, 15) is 22.4 Å². The number of alkyl halides is 3. The van der Waals surface area contributed by atoms with Gasteiger partial charge in [0.25, 0.3) is 0 Å². The fourth-order valence-corrected chi connectivity index (χ4v) is 4.62. The van der Waals surface area contributed by atoms with E-state index in [0.717, 1.165) is 22.4 Å². The maximum atomic E-state index is 14.7. The summed E-state index contributed by atoms with van der Waals surface area (Å²) >= 11 is 1.32. The maximum absolute atomic E-state index is 14.7. The lowest BCUT2D eigenvalue weighted by atomic mass is 10.0. The van der Waals surface area contributed by atoms with Crippen LogP contribution in [0.1, 0.15) is 26.4 Å². The molecule has 0 radical (unpaired) electrons. The molecule has 1 aromatic heterocycles. The summed E-state index contributed by atoms with van der Waals surface area (Å²) in [7, 11) is 0. The Labute approximate surface area is 173 Å². The number of hydrogen-bond donors (Lipinski definition) is 1. The number of fused-ring (bicyclic) bond motifs is 1. The number of benzene rings is 3. The van der Waals surface area contributed by atoms with Crippen LogP contribution in [0.15, 0.2) is 66.7 Å². The summed E-state index contributed by atoms with van der Waals surface area (Å²) < 4.78 is 54.3. The van der Waals surface area contributed by atoms with Gasteiger partial charge in [-0.25, -0.2) is 4.39 Å².